The molecule has 1 N–H and O–H groups in total. The first-order valence-corrected chi connectivity index (χ1v) is 12.6. The van der Waals surface area contributed by atoms with Crippen LogP contribution in [0.15, 0.2) is 42.7 Å². The number of nitrogens with zero attached hydrogens (tertiary/aromatic N) is 5. The zero-order valence-electron chi connectivity index (χ0n) is 22.8. The van der Waals surface area contributed by atoms with Gasteiger partial charge in [-0.05, 0) is 66.8 Å². The van der Waals surface area contributed by atoms with Crippen molar-refractivity contribution in [1.82, 2.24) is 23.8 Å². The lowest BCUT2D eigenvalue weighted by Crippen LogP contribution is -2.37. The third kappa shape index (κ3) is 4.49. The summed E-state index contributed by atoms with van der Waals surface area (Å²) in [6.07, 6.45) is 4.51. The van der Waals surface area contributed by atoms with Crippen LogP contribution in [0.1, 0.15) is 38.4 Å². The van der Waals surface area contributed by atoms with Crippen LogP contribution in [0.2, 0.25) is 0 Å². The van der Waals surface area contributed by atoms with Gasteiger partial charge in [-0.1, -0.05) is 0 Å². The van der Waals surface area contributed by atoms with Crippen molar-refractivity contribution in [1.29, 1.82) is 5.41 Å². The Morgan fingerprint density at radius 2 is 1.58 bits per heavy atom. The summed E-state index contributed by atoms with van der Waals surface area (Å²) in [6, 6.07) is 9.88. The molecule has 3 heterocycles. The number of aryl methyl sites for hydroxylation is 3. The van der Waals surface area contributed by atoms with E-state index in [1.807, 2.05) is 71.8 Å². The van der Waals surface area contributed by atoms with Gasteiger partial charge in [0.05, 0.1) is 26.5 Å². The second-order valence-electron chi connectivity index (χ2n) is 9.90. The van der Waals surface area contributed by atoms with Crippen LogP contribution in [0.3, 0.4) is 0 Å². The Kier molecular flexibility index (Phi) is 6.60. The summed E-state index contributed by atoms with van der Waals surface area (Å²) in [5.74, 6) is 1.39. The van der Waals surface area contributed by atoms with E-state index in [4.69, 9.17) is 14.9 Å². The number of fused-ring (bicyclic) bond motifs is 1. The third-order valence-corrected chi connectivity index (χ3v) is 7.45. The number of carbonyl (C=O) groups excluding carboxylic acids is 1. The molecular formula is C29H34N6O3. The first kappa shape index (κ1) is 25.4. The molecule has 38 heavy (non-hydrogen) atoms. The zero-order valence-corrected chi connectivity index (χ0v) is 22.8. The first-order chi connectivity index (χ1) is 18.2. The molecule has 0 bridgehead atoms. The number of carbonyl (C=O) groups is 1. The minimum atomic E-state index is -0.000471. The fourth-order valence-electron chi connectivity index (χ4n) is 5.37. The molecule has 5 rings (SSSR count). The molecule has 0 saturated heterocycles. The molecule has 2 aromatic heterocycles. The summed E-state index contributed by atoms with van der Waals surface area (Å²) < 4.78 is 16.4. The van der Waals surface area contributed by atoms with Crippen LogP contribution in [0.4, 0.5) is 0 Å². The van der Waals surface area contributed by atoms with Gasteiger partial charge in [0, 0.05) is 62.5 Å². The van der Waals surface area contributed by atoms with E-state index in [2.05, 4.69) is 18.1 Å². The molecule has 0 spiro atoms. The van der Waals surface area contributed by atoms with Gasteiger partial charge in [0.2, 0.25) is 5.62 Å². The summed E-state index contributed by atoms with van der Waals surface area (Å²) in [5, 5.41) is 13.0. The second kappa shape index (κ2) is 9.89. The number of methoxy groups -OCH3 is 2. The Hall–Kier alpha value is -4.27. The maximum Gasteiger partial charge on any atom is 0.254 e. The maximum atomic E-state index is 14.0. The van der Waals surface area contributed by atoms with Crippen LogP contribution in [0.5, 0.6) is 11.5 Å². The molecule has 0 fully saturated rings. The Balaban J connectivity index is 1.58. The predicted octanol–water partition coefficient (Wildman–Crippen LogP) is 3.59. The number of rotatable bonds is 7. The monoisotopic (exact) mass is 514 g/mol. The van der Waals surface area contributed by atoms with E-state index in [9.17, 15) is 4.79 Å². The molecule has 198 valence electrons. The molecule has 9 heteroatoms. The van der Waals surface area contributed by atoms with Crippen LogP contribution in [0, 0.1) is 19.3 Å². The average molecular weight is 515 g/mol. The van der Waals surface area contributed by atoms with Crippen molar-refractivity contribution in [3.05, 3.63) is 82.0 Å². The number of ether oxygens (including phenoxy) is 2. The fraction of sp³-hybridized carbons (Fsp3) is 0.345. The lowest BCUT2D eigenvalue weighted by molar-refractivity contribution is 0.0726. The molecule has 0 saturated carbocycles. The summed E-state index contributed by atoms with van der Waals surface area (Å²) >= 11 is 0. The molecule has 0 aliphatic carbocycles. The molecule has 0 unspecified atom stereocenters. The molecule has 4 aromatic rings. The van der Waals surface area contributed by atoms with Crippen LogP contribution < -0.4 is 15.1 Å². The number of amides is 1. The number of benzene rings is 2. The maximum absolute atomic E-state index is 14.0. The highest BCUT2D eigenvalue weighted by Crippen LogP contribution is 2.36. The SMILES string of the molecule is COc1cc(CN2CCc3c(cc(Cn4ccn(C)c4=N)cc3-c3c(C)nn(C)c3C)C2=O)cc(OC)c1. The Morgan fingerprint density at radius 1 is 0.921 bits per heavy atom. The molecule has 1 aliphatic rings. The van der Waals surface area contributed by atoms with E-state index in [1.54, 1.807) is 18.8 Å². The predicted molar refractivity (Wildman–Crippen MR) is 144 cm³/mol. The normalized spacial score (nSPS) is 13.1. The van der Waals surface area contributed by atoms with Gasteiger partial charge >= 0.3 is 0 Å². The molecule has 2 aromatic carbocycles. The van der Waals surface area contributed by atoms with E-state index in [0.717, 1.165) is 45.6 Å². The number of imidazole rings is 1. The van der Waals surface area contributed by atoms with Crippen LogP contribution in [0.25, 0.3) is 11.1 Å². The molecular weight excluding hydrogens is 480 g/mol. The summed E-state index contributed by atoms with van der Waals surface area (Å²) in [5.41, 5.74) is 8.23. The van der Waals surface area contributed by atoms with Crippen molar-refractivity contribution in [2.24, 2.45) is 14.1 Å². The average Bonchev–Trinajstić information content (AvgIpc) is 3.35. The van der Waals surface area contributed by atoms with E-state index in [-0.39, 0.29) is 5.91 Å². The van der Waals surface area contributed by atoms with Crippen LogP contribution >= 0.6 is 0 Å². The number of aromatic nitrogens is 4. The summed E-state index contributed by atoms with van der Waals surface area (Å²) in [6.45, 7) is 5.65. The van der Waals surface area contributed by atoms with Gasteiger partial charge < -0.3 is 23.5 Å². The summed E-state index contributed by atoms with van der Waals surface area (Å²) in [7, 11) is 7.05. The van der Waals surface area contributed by atoms with Gasteiger partial charge in [-0.2, -0.15) is 5.10 Å². The van der Waals surface area contributed by atoms with Crippen molar-refractivity contribution in [2.45, 2.75) is 33.4 Å². The Morgan fingerprint density at radius 3 is 2.16 bits per heavy atom. The van der Waals surface area contributed by atoms with Gasteiger partial charge in [-0.25, -0.2) is 0 Å². The van der Waals surface area contributed by atoms with Gasteiger partial charge in [-0.3, -0.25) is 14.9 Å². The largest absolute Gasteiger partial charge is 0.497 e. The van der Waals surface area contributed by atoms with E-state index in [0.29, 0.717) is 42.3 Å². The molecule has 9 nitrogen and oxygen atoms in total. The number of hydrogen-bond acceptors (Lipinski definition) is 5. The highest BCUT2D eigenvalue weighted by atomic mass is 16.5. The molecule has 0 atom stereocenters. The fourth-order valence-corrected chi connectivity index (χ4v) is 5.37. The highest BCUT2D eigenvalue weighted by molar-refractivity contribution is 5.99. The topological polar surface area (TPSA) is 90.3 Å². The minimum Gasteiger partial charge on any atom is -0.497 e. The second-order valence-corrected chi connectivity index (χ2v) is 9.90. The zero-order chi connectivity index (χ0) is 27.1. The van der Waals surface area contributed by atoms with Crippen molar-refractivity contribution in [3.63, 3.8) is 0 Å². The highest BCUT2D eigenvalue weighted by Gasteiger charge is 2.29. The molecule has 0 radical (unpaired) electrons. The lowest BCUT2D eigenvalue weighted by atomic mass is 9.87. The van der Waals surface area contributed by atoms with E-state index >= 15 is 0 Å². The third-order valence-electron chi connectivity index (χ3n) is 7.45. The van der Waals surface area contributed by atoms with Gasteiger partial charge in [0.1, 0.15) is 11.5 Å². The van der Waals surface area contributed by atoms with Crippen LogP contribution in [-0.4, -0.2) is 50.5 Å². The number of hydrogen-bond donors (Lipinski definition) is 1. The van der Waals surface area contributed by atoms with E-state index in [1.165, 1.54) is 0 Å². The van der Waals surface area contributed by atoms with Crippen molar-refractivity contribution < 1.29 is 14.3 Å². The van der Waals surface area contributed by atoms with Gasteiger partial charge in [0.25, 0.3) is 5.91 Å². The molecule has 1 amide bonds. The lowest BCUT2D eigenvalue weighted by Gasteiger charge is -2.31. The number of nitrogens with one attached hydrogen (secondary N) is 1. The smallest absolute Gasteiger partial charge is 0.254 e. The minimum absolute atomic E-state index is 0.000471. The first-order valence-electron chi connectivity index (χ1n) is 12.6. The van der Waals surface area contributed by atoms with Crippen molar-refractivity contribution in [2.75, 3.05) is 20.8 Å². The van der Waals surface area contributed by atoms with E-state index < -0.39 is 0 Å². The van der Waals surface area contributed by atoms with Crippen molar-refractivity contribution >= 4 is 5.91 Å². The van der Waals surface area contributed by atoms with Gasteiger partial charge in [-0.15, -0.1) is 0 Å². The standard InChI is InChI=1S/C29H34N6O3/c1-18-27(19(2)33(4)31-18)25-13-21(17-35-10-9-32(3)29(35)30)14-26-24(25)7-8-34(28(26)36)16-20-11-22(37-5)15-23(12-20)38-6/h9-15,30H,7-8,16-17H2,1-6H3. The van der Waals surface area contributed by atoms with Crippen LogP contribution in [-0.2, 0) is 33.6 Å². The Bertz CT molecular complexity index is 1570. The summed E-state index contributed by atoms with van der Waals surface area (Å²) in [4.78, 5) is 15.8. The van der Waals surface area contributed by atoms with Gasteiger partial charge in [0.15, 0.2) is 0 Å². The Labute approximate surface area is 222 Å². The quantitative estimate of drug-likeness (QED) is 0.408. The van der Waals surface area contributed by atoms with Crippen molar-refractivity contribution in [3.8, 4) is 22.6 Å². The molecule has 1 aliphatic heterocycles.